The number of halogens is 1. The molecule has 1 aliphatic carbocycles. The molecular weight excluding hydrogens is 382 g/mol. The van der Waals surface area contributed by atoms with E-state index in [9.17, 15) is 0 Å². The minimum atomic E-state index is 0.552. The highest BCUT2D eigenvalue weighted by atomic mass is 35.5. The van der Waals surface area contributed by atoms with Gasteiger partial charge in [0.25, 0.3) is 0 Å². The highest BCUT2D eigenvalue weighted by Gasteiger charge is 2.27. The molecule has 150 valence electrons. The van der Waals surface area contributed by atoms with Crippen molar-refractivity contribution in [2.75, 3.05) is 36.4 Å². The summed E-state index contributed by atoms with van der Waals surface area (Å²) in [7, 11) is 0. The molecule has 0 bridgehead atoms. The largest absolute Gasteiger partial charge is 0.364 e. The Morgan fingerprint density at radius 2 is 1.72 bits per heavy atom. The van der Waals surface area contributed by atoms with Crippen molar-refractivity contribution in [1.29, 1.82) is 0 Å². The molecule has 1 aliphatic heterocycles. The molecule has 0 radical (unpaired) electrons. The Balaban J connectivity index is 1.33. The number of para-hydroxylation sites is 2. The second-order valence-corrected chi connectivity index (χ2v) is 8.57. The van der Waals surface area contributed by atoms with E-state index < -0.39 is 0 Å². The van der Waals surface area contributed by atoms with Gasteiger partial charge >= 0.3 is 0 Å². The Kier molecular flexibility index (Phi) is 5.02. The summed E-state index contributed by atoms with van der Waals surface area (Å²) in [6.45, 7) is 7.00. The Morgan fingerprint density at radius 1 is 1.00 bits per heavy atom. The Labute approximate surface area is 176 Å². The third-order valence-corrected chi connectivity index (χ3v) is 6.08. The van der Waals surface area contributed by atoms with E-state index in [0.29, 0.717) is 6.04 Å². The van der Waals surface area contributed by atoms with Gasteiger partial charge in [-0.15, -0.1) is 0 Å². The first-order valence-electron chi connectivity index (χ1n) is 10.4. The summed E-state index contributed by atoms with van der Waals surface area (Å²) < 4.78 is 0. The van der Waals surface area contributed by atoms with Crippen molar-refractivity contribution < 1.29 is 0 Å². The minimum absolute atomic E-state index is 0.552. The lowest BCUT2D eigenvalue weighted by Crippen LogP contribution is -2.46. The predicted molar refractivity (Wildman–Crippen MR) is 120 cm³/mol. The summed E-state index contributed by atoms with van der Waals surface area (Å²) in [5.74, 6) is 1.93. The molecule has 0 amide bonds. The number of hydrogen-bond donors (Lipinski definition) is 1. The van der Waals surface area contributed by atoms with Crippen molar-refractivity contribution in [2.45, 2.75) is 32.4 Å². The third-order valence-electron chi connectivity index (χ3n) is 5.85. The molecule has 29 heavy (non-hydrogen) atoms. The van der Waals surface area contributed by atoms with E-state index in [-0.39, 0.29) is 0 Å². The fraction of sp³-hybridized carbons (Fsp3) is 0.391. The quantitative estimate of drug-likeness (QED) is 0.675. The molecule has 2 aromatic carbocycles. The first-order chi connectivity index (χ1) is 14.2. The number of aromatic nitrogens is 2. The van der Waals surface area contributed by atoms with E-state index in [2.05, 4.69) is 34.2 Å². The lowest BCUT2D eigenvalue weighted by atomic mass is 10.1. The first-order valence-corrected chi connectivity index (χ1v) is 10.8. The summed E-state index contributed by atoms with van der Waals surface area (Å²) in [5, 5.41) is 4.41. The fourth-order valence-corrected chi connectivity index (χ4v) is 4.09. The van der Waals surface area contributed by atoms with Gasteiger partial charge in [-0.25, -0.2) is 9.97 Å². The lowest BCUT2D eigenvalue weighted by molar-refractivity contribution is 0.249. The molecule has 2 fully saturated rings. The Bertz CT molecular complexity index is 1020. The molecule has 0 unspecified atom stereocenters. The predicted octanol–water partition coefficient (Wildman–Crippen LogP) is 4.49. The highest BCUT2D eigenvalue weighted by Crippen LogP contribution is 2.31. The van der Waals surface area contributed by atoms with Gasteiger partial charge in [0.2, 0.25) is 0 Å². The number of benzene rings is 2. The highest BCUT2D eigenvalue weighted by molar-refractivity contribution is 6.30. The number of anilines is 2. The summed E-state index contributed by atoms with van der Waals surface area (Å²) in [6.07, 6.45) is 2.45. The zero-order valence-electron chi connectivity index (χ0n) is 16.7. The van der Waals surface area contributed by atoms with Crippen LogP contribution in [0.1, 0.15) is 24.0 Å². The molecule has 5 nitrogen and oxygen atoms in total. The zero-order chi connectivity index (χ0) is 19.8. The van der Waals surface area contributed by atoms with Gasteiger partial charge in [-0.2, -0.15) is 0 Å². The second kappa shape index (κ2) is 7.81. The monoisotopic (exact) mass is 407 g/mol. The fourth-order valence-electron chi connectivity index (χ4n) is 3.90. The summed E-state index contributed by atoms with van der Waals surface area (Å²) >= 11 is 6.20. The van der Waals surface area contributed by atoms with Crippen molar-refractivity contribution in [2.24, 2.45) is 0 Å². The van der Waals surface area contributed by atoms with Gasteiger partial charge in [0, 0.05) is 43.8 Å². The molecule has 1 N–H and O–H groups in total. The summed E-state index contributed by atoms with van der Waals surface area (Å²) in [5.41, 5.74) is 4.52. The van der Waals surface area contributed by atoms with Crippen LogP contribution in [0.25, 0.3) is 11.0 Å². The minimum Gasteiger partial charge on any atom is -0.364 e. The maximum absolute atomic E-state index is 6.20. The number of rotatable bonds is 5. The van der Waals surface area contributed by atoms with E-state index in [1.807, 2.05) is 30.3 Å². The van der Waals surface area contributed by atoms with E-state index in [0.717, 1.165) is 60.4 Å². The molecule has 1 saturated heterocycles. The maximum Gasteiger partial charge on any atom is 0.172 e. The van der Waals surface area contributed by atoms with E-state index in [4.69, 9.17) is 21.6 Å². The van der Waals surface area contributed by atoms with Crippen molar-refractivity contribution in [3.63, 3.8) is 0 Å². The molecule has 2 heterocycles. The van der Waals surface area contributed by atoms with E-state index >= 15 is 0 Å². The molecule has 3 aromatic rings. The topological polar surface area (TPSA) is 44.3 Å². The van der Waals surface area contributed by atoms with Gasteiger partial charge in [-0.1, -0.05) is 29.8 Å². The van der Waals surface area contributed by atoms with Gasteiger partial charge in [0.15, 0.2) is 11.6 Å². The Morgan fingerprint density at radius 3 is 2.45 bits per heavy atom. The number of hydrogen-bond acceptors (Lipinski definition) is 5. The van der Waals surface area contributed by atoms with Crippen molar-refractivity contribution in [3.05, 3.63) is 58.6 Å². The molecule has 6 heteroatoms. The molecule has 5 rings (SSSR count). The number of nitrogens with zero attached hydrogens (tertiary/aromatic N) is 4. The molecule has 1 aromatic heterocycles. The van der Waals surface area contributed by atoms with Gasteiger partial charge in [0.1, 0.15) is 0 Å². The van der Waals surface area contributed by atoms with Crippen LogP contribution in [0.2, 0.25) is 5.02 Å². The average molecular weight is 408 g/mol. The van der Waals surface area contributed by atoms with Crippen molar-refractivity contribution in [1.82, 2.24) is 14.9 Å². The first kappa shape index (κ1) is 18.6. The van der Waals surface area contributed by atoms with E-state index in [1.165, 1.54) is 24.0 Å². The molecule has 0 spiro atoms. The van der Waals surface area contributed by atoms with Gasteiger partial charge < -0.3 is 10.2 Å². The van der Waals surface area contributed by atoms with Crippen LogP contribution in [0.3, 0.4) is 0 Å². The van der Waals surface area contributed by atoms with Crippen molar-refractivity contribution in [3.8, 4) is 0 Å². The standard InChI is InChI=1S/C23H26ClN5/c1-16-6-7-18(24)14-17(16)15-28-10-12-29(13-11-28)23-22(25-19-8-9-19)26-20-4-2-3-5-21(20)27-23/h2-7,14,19H,8-13,15H2,1H3,(H,25,26). The summed E-state index contributed by atoms with van der Waals surface area (Å²) in [4.78, 5) is 14.8. The number of nitrogens with one attached hydrogen (secondary N) is 1. The number of fused-ring (bicyclic) bond motifs is 1. The smallest absolute Gasteiger partial charge is 0.172 e. The average Bonchev–Trinajstić information content (AvgIpc) is 3.55. The van der Waals surface area contributed by atoms with Crippen LogP contribution in [0.4, 0.5) is 11.6 Å². The van der Waals surface area contributed by atoms with Crippen molar-refractivity contribution >= 4 is 34.3 Å². The molecule has 0 atom stereocenters. The Hall–Kier alpha value is -2.37. The number of piperazine rings is 1. The van der Waals surface area contributed by atoms with Crippen LogP contribution in [0.15, 0.2) is 42.5 Å². The van der Waals surface area contributed by atoms with Gasteiger partial charge in [0.05, 0.1) is 11.0 Å². The summed E-state index contributed by atoms with van der Waals surface area (Å²) in [6, 6.07) is 14.8. The normalized spacial score (nSPS) is 17.7. The van der Waals surface area contributed by atoms with Crippen LogP contribution >= 0.6 is 11.6 Å². The van der Waals surface area contributed by atoms with Crippen LogP contribution < -0.4 is 10.2 Å². The van der Waals surface area contributed by atoms with Crippen LogP contribution in [0.5, 0.6) is 0 Å². The van der Waals surface area contributed by atoms with Gasteiger partial charge in [-0.3, -0.25) is 4.90 Å². The van der Waals surface area contributed by atoms with Crippen LogP contribution in [0, 0.1) is 6.92 Å². The van der Waals surface area contributed by atoms with Crippen LogP contribution in [-0.4, -0.2) is 47.1 Å². The lowest BCUT2D eigenvalue weighted by Gasteiger charge is -2.36. The third kappa shape index (κ3) is 4.16. The molecular formula is C23H26ClN5. The number of aryl methyl sites for hydroxylation is 1. The maximum atomic E-state index is 6.20. The zero-order valence-corrected chi connectivity index (χ0v) is 17.5. The van der Waals surface area contributed by atoms with Crippen LogP contribution in [-0.2, 0) is 6.54 Å². The molecule has 2 aliphatic rings. The van der Waals surface area contributed by atoms with Gasteiger partial charge in [-0.05, 0) is 55.2 Å². The molecule has 1 saturated carbocycles. The van der Waals surface area contributed by atoms with E-state index in [1.54, 1.807) is 0 Å². The SMILES string of the molecule is Cc1ccc(Cl)cc1CN1CCN(c2nc3ccccc3nc2NC2CC2)CC1. The second-order valence-electron chi connectivity index (χ2n) is 8.14.